The first-order valence-corrected chi connectivity index (χ1v) is 4.87. The standard InChI is InChI=1S/C11H8F2N4O/c12-8-2-1-6(5-9(8)13)18-11-7(10(14)15)3-4-16-17-11/h1-5H,(H3,14,15). The molecule has 0 aliphatic carbocycles. The highest BCUT2D eigenvalue weighted by Gasteiger charge is 2.11. The SMILES string of the molecule is N=C(N)c1ccnnc1Oc1ccc(F)c(F)c1. The van der Waals surface area contributed by atoms with Crippen LogP contribution in [0.2, 0.25) is 0 Å². The van der Waals surface area contributed by atoms with E-state index in [-0.39, 0.29) is 23.0 Å². The summed E-state index contributed by atoms with van der Waals surface area (Å²) in [5.41, 5.74) is 5.54. The number of benzene rings is 1. The monoisotopic (exact) mass is 250 g/mol. The lowest BCUT2D eigenvalue weighted by Gasteiger charge is -2.07. The zero-order chi connectivity index (χ0) is 13.1. The van der Waals surface area contributed by atoms with Crippen molar-refractivity contribution < 1.29 is 13.5 Å². The fourth-order valence-corrected chi connectivity index (χ4v) is 1.25. The predicted molar refractivity (Wildman–Crippen MR) is 59.5 cm³/mol. The van der Waals surface area contributed by atoms with E-state index in [1.807, 2.05) is 0 Å². The van der Waals surface area contributed by atoms with Crippen LogP contribution in [0.3, 0.4) is 0 Å². The Morgan fingerprint density at radius 3 is 2.67 bits per heavy atom. The van der Waals surface area contributed by atoms with Gasteiger partial charge in [-0.05, 0) is 18.2 Å². The number of halogens is 2. The lowest BCUT2D eigenvalue weighted by atomic mass is 10.2. The van der Waals surface area contributed by atoms with Gasteiger partial charge in [-0.2, -0.15) is 5.10 Å². The molecule has 1 aromatic carbocycles. The summed E-state index contributed by atoms with van der Waals surface area (Å²) in [6.07, 6.45) is 1.34. The maximum atomic E-state index is 13.0. The number of hydrogen-bond donors (Lipinski definition) is 2. The Morgan fingerprint density at radius 2 is 2.00 bits per heavy atom. The van der Waals surface area contributed by atoms with Gasteiger partial charge >= 0.3 is 0 Å². The minimum atomic E-state index is -1.04. The number of nitrogen functional groups attached to an aromatic ring is 1. The molecule has 1 aromatic heterocycles. The molecule has 0 radical (unpaired) electrons. The number of ether oxygens (including phenoxy) is 1. The molecule has 18 heavy (non-hydrogen) atoms. The van der Waals surface area contributed by atoms with E-state index >= 15 is 0 Å². The van der Waals surface area contributed by atoms with Crippen LogP contribution in [0, 0.1) is 17.0 Å². The van der Waals surface area contributed by atoms with E-state index < -0.39 is 11.6 Å². The maximum absolute atomic E-state index is 13.0. The molecule has 0 fully saturated rings. The van der Waals surface area contributed by atoms with Crippen LogP contribution in [-0.2, 0) is 0 Å². The van der Waals surface area contributed by atoms with Crippen molar-refractivity contribution in [3.63, 3.8) is 0 Å². The quantitative estimate of drug-likeness (QED) is 0.642. The molecule has 7 heteroatoms. The van der Waals surface area contributed by atoms with Crippen molar-refractivity contribution in [3.8, 4) is 11.6 Å². The molecule has 0 aliphatic rings. The number of nitrogens with two attached hydrogens (primary N) is 1. The highest BCUT2D eigenvalue weighted by atomic mass is 19.2. The number of amidine groups is 1. The highest BCUT2D eigenvalue weighted by Crippen LogP contribution is 2.23. The second-order valence-electron chi connectivity index (χ2n) is 3.34. The number of aromatic nitrogens is 2. The summed E-state index contributed by atoms with van der Waals surface area (Å²) in [5.74, 6) is -2.29. The Kier molecular flexibility index (Phi) is 3.13. The minimum Gasteiger partial charge on any atom is -0.437 e. The van der Waals surface area contributed by atoms with E-state index in [1.165, 1.54) is 18.3 Å². The molecule has 2 aromatic rings. The molecule has 0 atom stereocenters. The zero-order valence-corrected chi connectivity index (χ0v) is 9.02. The molecule has 5 nitrogen and oxygen atoms in total. The van der Waals surface area contributed by atoms with Crippen LogP contribution < -0.4 is 10.5 Å². The third-order valence-corrected chi connectivity index (χ3v) is 2.08. The molecule has 0 amide bonds. The largest absolute Gasteiger partial charge is 0.437 e. The summed E-state index contributed by atoms with van der Waals surface area (Å²) in [4.78, 5) is 0. The fraction of sp³-hybridized carbons (Fsp3) is 0. The molecule has 92 valence electrons. The highest BCUT2D eigenvalue weighted by molar-refractivity contribution is 5.96. The van der Waals surface area contributed by atoms with Crippen molar-refractivity contribution in [2.24, 2.45) is 5.73 Å². The van der Waals surface area contributed by atoms with Crippen LogP contribution in [-0.4, -0.2) is 16.0 Å². The third kappa shape index (κ3) is 2.40. The van der Waals surface area contributed by atoms with Crippen molar-refractivity contribution in [1.82, 2.24) is 10.2 Å². The Morgan fingerprint density at radius 1 is 1.22 bits per heavy atom. The number of hydrogen-bond acceptors (Lipinski definition) is 4. The second kappa shape index (κ2) is 4.74. The average Bonchev–Trinajstić information content (AvgIpc) is 2.34. The molecule has 0 saturated heterocycles. The minimum absolute atomic E-state index is 0.0388. The molecule has 0 aliphatic heterocycles. The van der Waals surface area contributed by atoms with Crippen molar-refractivity contribution in [2.45, 2.75) is 0 Å². The molecule has 0 unspecified atom stereocenters. The molecule has 1 heterocycles. The van der Waals surface area contributed by atoms with Crippen molar-refractivity contribution >= 4 is 5.84 Å². The Hall–Kier alpha value is -2.57. The van der Waals surface area contributed by atoms with Gasteiger partial charge in [0.25, 0.3) is 0 Å². The smallest absolute Gasteiger partial charge is 0.249 e. The summed E-state index contributed by atoms with van der Waals surface area (Å²) in [5, 5.41) is 14.5. The summed E-state index contributed by atoms with van der Waals surface area (Å²) < 4.78 is 30.9. The lowest BCUT2D eigenvalue weighted by Crippen LogP contribution is -2.13. The molecular weight excluding hydrogens is 242 g/mol. The number of nitrogens with zero attached hydrogens (tertiary/aromatic N) is 2. The van der Waals surface area contributed by atoms with Crippen LogP contribution in [0.1, 0.15) is 5.56 Å². The first-order valence-electron chi connectivity index (χ1n) is 4.87. The normalized spacial score (nSPS) is 10.1. The summed E-state index contributed by atoms with van der Waals surface area (Å²) in [6, 6.07) is 4.46. The molecule has 0 bridgehead atoms. The molecular formula is C11H8F2N4O. The summed E-state index contributed by atoms with van der Waals surface area (Å²) in [7, 11) is 0. The number of nitrogens with one attached hydrogen (secondary N) is 1. The van der Waals surface area contributed by atoms with Gasteiger partial charge in [0.1, 0.15) is 11.6 Å². The van der Waals surface area contributed by atoms with Gasteiger partial charge in [-0.1, -0.05) is 0 Å². The van der Waals surface area contributed by atoms with Crippen LogP contribution in [0.15, 0.2) is 30.5 Å². The van der Waals surface area contributed by atoms with Crippen molar-refractivity contribution in [3.05, 3.63) is 47.7 Å². The van der Waals surface area contributed by atoms with Crippen LogP contribution in [0.5, 0.6) is 11.6 Å². The van der Waals surface area contributed by atoms with E-state index in [1.54, 1.807) is 0 Å². The van der Waals surface area contributed by atoms with Gasteiger partial charge in [-0.3, -0.25) is 5.41 Å². The van der Waals surface area contributed by atoms with Crippen LogP contribution in [0.4, 0.5) is 8.78 Å². The van der Waals surface area contributed by atoms with Gasteiger partial charge in [-0.15, -0.1) is 5.10 Å². The molecule has 3 N–H and O–H groups in total. The molecule has 0 spiro atoms. The van der Waals surface area contributed by atoms with Gasteiger partial charge in [0, 0.05) is 6.07 Å². The van der Waals surface area contributed by atoms with Crippen molar-refractivity contribution in [1.29, 1.82) is 5.41 Å². The van der Waals surface area contributed by atoms with E-state index in [4.69, 9.17) is 15.9 Å². The van der Waals surface area contributed by atoms with Gasteiger partial charge < -0.3 is 10.5 Å². The van der Waals surface area contributed by atoms with E-state index in [0.29, 0.717) is 0 Å². The first-order chi connectivity index (χ1) is 8.58. The van der Waals surface area contributed by atoms with Crippen LogP contribution >= 0.6 is 0 Å². The van der Waals surface area contributed by atoms with E-state index in [9.17, 15) is 8.78 Å². The third-order valence-electron chi connectivity index (χ3n) is 2.08. The fourth-order valence-electron chi connectivity index (χ4n) is 1.25. The summed E-state index contributed by atoms with van der Waals surface area (Å²) in [6.45, 7) is 0. The van der Waals surface area contributed by atoms with Gasteiger partial charge in [0.15, 0.2) is 11.6 Å². The predicted octanol–water partition coefficient (Wildman–Crippen LogP) is 1.83. The second-order valence-corrected chi connectivity index (χ2v) is 3.34. The van der Waals surface area contributed by atoms with E-state index in [2.05, 4.69) is 10.2 Å². The zero-order valence-electron chi connectivity index (χ0n) is 9.02. The van der Waals surface area contributed by atoms with Gasteiger partial charge in [0.2, 0.25) is 5.88 Å². The van der Waals surface area contributed by atoms with Crippen molar-refractivity contribution in [2.75, 3.05) is 0 Å². The molecule has 0 saturated carbocycles. The topological polar surface area (TPSA) is 84.9 Å². The Balaban J connectivity index is 2.34. The Labute approximate surface area is 101 Å². The summed E-state index contributed by atoms with van der Waals surface area (Å²) >= 11 is 0. The number of rotatable bonds is 3. The lowest BCUT2D eigenvalue weighted by molar-refractivity contribution is 0.441. The van der Waals surface area contributed by atoms with E-state index in [0.717, 1.165) is 12.1 Å². The first kappa shape index (κ1) is 11.9. The molecule has 2 rings (SSSR count). The Bertz CT molecular complexity index is 603. The van der Waals surface area contributed by atoms with Gasteiger partial charge in [-0.25, -0.2) is 8.78 Å². The average molecular weight is 250 g/mol. The van der Waals surface area contributed by atoms with Gasteiger partial charge in [0.05, 0.1) is 11.8 Å². The van der Waals surface area contributed by atoms with Crippen LogP contribution in [0.25, 0.3) is 0 Å². The maximum Gasteiger partial charge on any atom is 0.249 e.